The van der Waals surface area contributed by atoms with Gasteiger partial charge < -0.3 is 9.72 Å². The molecule has 0 aliphatic rings. The van der Waals surface area contributed by atoms with Gasteiger partial charge in [0.1, 0.15) is 5.75 Å². The van der Waals surface area contributed by atoms with Gasteiger partial charge in [0.25, 0.3) is 0 Å². The normalized spacial score (nSPS) is 12.0. The van der Waals surface area contributed by atoms with Gasteiger partial charge in [-0.1, -0.05) is 23.7 Å². The Kier molecular flexibility index (Phi) is 6.95. The first-order chi connectivity index (χ1) is 14.2. The molecule has 0 aliphatic carbocycles. The summed E-state index contributed by atoms with van der Waals surface area (Å²) in [6, 6.07) is 14.7. The van der Waals surface area contributed by atoms with Gasteiger partial charge in [0.2, 0.25) is 5.62 Å². The number of nitrogens with zero attached hydrogens (tertiary/aromatic N) is 3. The second-order valence-corrected chi connectivity index (χ2v) is 8.31. The number of halogens is 1. The number of nitrogens with one attached hydrogen (secondary N) is 1. The van der Waals surface area contributed by atoms with Gasteiger partial charge in [-0.15, -0.1) is 0 Å². The van der Waals surface area contributed by atoms with E-state index in [1.54, 1.807) is 21.3 Å². The summed E-state index contributed by atoms with van der Waals surface area (Å²) in [6.45, 7) is 8.12. The smallest absolute Gasteiger partial charge is 0.333 e. The minimum absolute atomic E-state index is 0.0840. The first-order valence-corrected chi connectivity index (χ1v) is 10.5. The molecule has 0 radical (unpaired) electrons. The minimum Gasteiger partial charge on any atom is -0.491 e. The number of rotatable bonds is 6. The third-order valence-corrected chi connectivity index (χ3v) is 4.89. The van der Waals surface area contributed by atoms with Crippen molar-refractivity contribution in [1.82, 2.24) is 14.1 Å². The van der Waals surface area contributed by atoms with Crippen LogP contribution in [0.15, 0.2) is 58.3 Å². The predicted octanol–water partition coefficient (Wildman–Crippen LogP) is 5.01. The van der Waals surface area contributed by atoms with Crippen LogP contribution in [0, 0.1) is 4.77 Å². The second-order valence-electron chi connectivity index (χ2n) is 7.49. The second kappa shape index (κ2) is 9.45. The van der Waals surface area contributed by atoms with E-state index in [0.717, 1.165) is 11.3 Å². The number of aromatic amines is 1. The SMILES string of the molecule is CC(C)Oc1ccc(/N=c2\[nH]c(=S)n(C(C)C)c(=O)n2Cc2ccc(Cl)cc2)cc1. The van der Waals surface area contributed by atoms with Crippen molar-refractivity contribution < 1.29 is 4.74 Å². The van der Waals surface area contributed by atoms with Gasteiger partial charge in [-0.3, -0.25) is 9.13 Å². The molecule has 8 heteroatoms. The summed E-state index contributed by atoms with van der Waals surface area (Å²) in [6.07, 6.45) is 0.0917. The fourth-order valence-corrected chi connectivity index (χ4v) is 3.49. The molecule has 30 heavy (non-hydrogen) atoms. The molecule has 0 atom stereocenters. The van der Waals surface area contributed by atoms with Crippen molar-refractivity contribution in [3.05, 3.63) is 80.0 Å². The highest BCUT2D eigenvalue weighted by Crippen LogP contribution is 2.18. The molecule has 0 fully saturated rings. The molecule has 6 nitrogen and oxygen atoms in total. The number of hydrogen-bond donors (Lipinski definition) is 1. The van der Waals surface area contributed by atoms with Crippen LogP contribution in [0.1, 0.15) is 39.3 Å². The van der Waals surface area contributed by atoms with Gasteiger partial charge >= 0.3 is 5.69 Å². The Labute approximate surface area is 185 Å². The van der Waals surface area contributed by atoms with Crippen LogP contribution in [-0.4, -0.2) is 20.2 Å². The Morgan fingerprint density at radius 3 is 2.27 bits per heavy atom. The molecule has 0 aliphatic heterocycles. The molecule has 1 aromatic heterocycles. The summed E-state index contributed by atoms with van der Waals surface area (Å²) in [4.78, 5) is 21.0. The fourth-order valence-electron chi connectivity index (χ4n) is 2.98. The van der Waals surface area contributed by atoms with Crippen LogP contribution in [0.25, 0.3) is 0 Å². The van der Waals surface area contributed by atoms with Crippen molar-refractivity contribution in [1.29, 1.82) is 0 Å². The molecule has 0 amide bonds. The average Bonchev–Trinajstić information content (AvgIpc) is 2.67. The van der Waals surface area contributed by atoms with Gasteiger partial charge in [-0.2, -0.15) is 0 Å². The Morgan fingerprint density at radius 1 is 1.07 bits per heavy atom. The largest absolute Gasteiger partial charge is 0.491 e. The summed E-state index contributed by atoms with van der Waals surface area (Å²) < 4.78 is 9.14. The van der Waals surface area contributed by atoms with E-state index < -0.39 is 0 Å². The maximum absolute atomic E-state index is 13.2. The molecule has 0 bridgehead atoms. The molecular weight excluding hydrogens is 420 g/mol. The van der Waals surface area contributed by atoms with Gasteiger partial charge in [-0.05, 0) is 81.9 Å². The van der Waals surface area contributed by atoms with Crippen molar-refractivity contribution in [2.75, 3.05) is 0 Å². The monoisotopic (exact) mass is 444 g/mol. The zero-order chi connectivity index (χ0) is 21.8. The molecule has 0 spiro atoms. The van der Waals surface area contributed by atoms with E-state index in [0.29, 0.717) is 27.6 Å². The molecule has 1 N–H and O–H groups in total. The summed E-state index contributed by atoms with van der Waals surface area (Å²) >= 11 is 11.4. The van der Waals surface area contributed by atoms with Crippen LogP contribution in [0.3, 0.4) is 0 Å². The van der Waals surface area contributed by atoms with Gasteiger partial charge in [0.15, 0.2) is 4.77 Å². The van der Waals surface area contributed by atoms with Crippen LogP contribution in [-0.2, 0) is 6.54 Å². The highest BCUT2D eigenvalue weighted by molar-refractivity contribution is 7.71. The van der Waals surface area contributed by atoms with E-state index in [1.807, 2.05) is 64.1 Å². The van der Waals surface area contributed by atoms with Crippen molar-refractivity contribution in [3.8, 4) is 5.75 Å². The third kappa shape index (κ3) is 5.29. The van der Waals surface area contributed by atoms with Gasteiger partial charge in [0.05, 0.1) is 18.3 Å². The lowest BCUT2D eigenvalue weighted by Crippen LogP contribution is -2.43. The van der Waals surface area contributed by atoms with E-state index in [2.05, 4.69) is 9.98 Å². The van der Waals surface area contributed by atoms with Crippen LogP contribution < -0.4 is 16.0 Å². The lowest BCUT2D eigenvalue weighted by molar-refractivity contribution is 0.242. The topological polar surface area (TPSA) is 64.3 Å². The van der Waals surface area contributed by atoms with E-state index >= 15 is 0 Å². The number of hydrogen-bond acceptors (Lipinski definition) is 4. The molecule has 1 heterocycles. The van der Waals surface area contributed by atoms with Gasteiger partial charge in [-0.25, -0.2) is 9.79 Å². The molecule has 2 aromatic carbocycles. The summed E-state index contributed by atoms with van der Waals surface area (Å²) in [7, 11) is 0. The highest BCUT2D eigenvalue weighted by atomic mass is 35.5. The molecule has 158 valence electrons. The number of ether oxygens (including phenoxy) is 1. The average molecular weight is 445 g/mol. The Bertz CT molecular complexity index is 1190. The van der Waals surface area contributed by atoms with Gasteiger partial charge in [0, 0.05) is 11.1 Å². The van der Waals surface area contributed by atoms with Crippen molar-refractivity contribution in [3.63, 3.8) is 0 Å². The molecule has 3 rings (SSSR count). The summed E-state index contributed by atoms with van der Waals surface area (Å²) in [5, 5.41) is 0.643. The van der Waals surface area contributed by atoms with Crippen molar-refractivity contribution in [2.45, 2.75) is 46.4 Å². The quantitative estimate of drug-likeness (QED) is 0.543. The van der Waals surface area contributed by atoms with E-state index in [1.165, 1.54) is 0 Å². The molecular formula is C22H25ClN4O2S. The Balaban J connectivity index is 2.12. The van der Waals surface area contributed by atoms with E-state index in [-0.39, 0.29) is 17.8 Å². The van der Waals surface area contributed by atoms with Crippen molar-refractivity contribution in [2.24, 2.45) is 4.99 Å². The lowest BCUT2D eigenvalue weighted by Gasteiger charge is -2.14. The molecule has 0 saturated heterocycles. The zero-order valence-corrected chi connectivity index (χ0v) is 19.0. The van der Waals surface area contributed by atoms with Crippen LogP contribution >= 0.6 is 23.8 Å². The highest BCUT2D eigenvalue weighted by Gasteiger charge is 2.10. The van der Waals surface area contributed by atoms with Crippen LogP contribution in [0.5, 0.6) is 5.75 Å². The first kappa shape index (κ1) is 22.1. The Morgan fingerprint density at radius 2 is 1.70 bits per heavy atom. The maximum atomic E-state index is 13.2. The van der Waals surface area contributed by atoms with Crippen LogP contribution in [0.4, 0.5) is 5.69 Å². The van der Waals surface area contributed by atoms with Crippen molar-refractivity contribution >= 4 is 29.5 Å². The first-order valence-electron chi connectivity index (χ1n) is 9.76. The maximum Gasteiger partial charge on any atom is 0.333 e. The Hall–Kier alpha value is -2.64. The summed E-state index contributed by atoms with van der Waals surface area (Å²) in [5.74, 6) is 0.765. The number of H-pyrrole nitrogens is 1. The predicted molar refractivity (Wildman–Crippen MR) is 122 cm³/mol. The number of aromatic nitrogens is 3. The number of benzene rings is 2. The molecule has 3 aromatic rings. The zero-order valence-electron chi connectivity index (χ0n) is 17.4. The van der Waals surface area contributed by atoms with E-state index in [4.69, 9.17) is 28.6 Å². The van der Waals surface area contributed by atoms with E-state index in [9.17, 15) is 4.79 Å². The fraction of sp³-hybridized carbons (Fsp3) is 0.318. The molecule has 0 saturated carbocycles. The van der Waals surface area contributed by atoms with Crippen LogP contribution in [0.2, 0.25) is 5.02 Å². The minimum atomic E-state index is -0.220. The third-order valence-electron chi connectivity index (χ3n) is 4.34. The lowest BCUT2D eigenvalue weighted by atomic mass is 10.2. The summed E-state index contributed by atoms with van der Waals surface area (Å²) in [5.41, 5.74) is 1.78. The standard InChI is InChI=1S/C22H25ClN4O2S/c1-14(2)27-21(30)25-20(24-18-9-11-19(12-10-18)29-15(3)4)26(22(27)28)13-16-5-7-17(23)8-6-16/h5-12,14-15H,13H2,1-4H3,(H,24,25,30). The molecule has 0 unspecified atom stereocenters.